The molecule has 1 aromatic carbocycles. The van der Waals surface area contributed by atoms with E-state index in [4.69, 9.17) is 14.6 Å². The molecule has 0 bridgehead atoms. The number of aliphatic hydroxyl groups is 1. The van der Waals surface area contributed by atoms with E-state index in [2.05, 4.69) is 30.6 Å². The zero-order valence-corrected chi connectivity index (χ0v) is 13.0. The summed E-state index contributed by atoms with van der Waals surface area (Å²) in [6, 6.07) is 5.87. The lowest BCUT2D eigenvalue weighted by molar-refractivity contribution is -0.0553. The summed E-state index contributed by atoms with van der Waals surface area (Å²) < 4.78 is 10.9. The van der Waals surface area contributed by atoms with Gasteiger partial charge in [0.1, 0.15) is 12.4 Å². The number of benzene rings is 1. The molecule has 1 N–H and O–H groups in total. The van der Waals surface area contributed by atoms with Crippen molar-refractivity contribution in [3.63, 3.8) is 0 Å². The van der Waals surface area contributed by atoms with Gasteiger partial charge in [0.25, 0.3) is 0 Å². The number of hydrogen-bond donors (Lipinski definition) is 1. The maximum absolute atomic E-state index is 8.90. The normalized spacial score (nSPS) is 17.9. The third-order valence-electron chi connectivity index (χ3n) is 3.79. The molecule has 21 heavy (non-hydrogen) atoms. The molecule has 0 atom stereocenters. The molecule has 0 saturated carbocycles. The maximum atomic E-state index is 8.90. The average Bonchev–Trinajstić information content (AvgIpc) is 2.48. The molecule has 1 saturated heterocycles. The Hall–Kier alpha value is -1.54. The zero-order chi connectivity index (χ0) is 15.3. The third kappa shape index (κ3) is 3.98. The number of ether oxygens (including phenoxy) is 2. The Kier molecular flexibility index (Phi) is 5.24. The number of morpholine rings is 1. The standard InChI is InChI=1S/C17H23NO3/c1-17(2)13-21-10-8-18(17)12-15-11-16(20-3)7-6-14(15)5-4-9-19/h6-7,11,19H,8-10,12-13H2,1-3H3. The van der Waals surface area contributed by atoms with Crippen LogP contribution in [0.15, 0.2) is 18.2 Å². The lowest BCUT2D eigenvalue weighted by Gasteiger charge is -2.42. The fourth-order valence-corrected chi connectivity index (χ4v) is 2.47. The number of hydrogen-bond acceptors (Lipinski definition) is 4. The fraction of sp³-hybridized carbons (Fsp3) is 0.529. The van der Waals surface area contributed by atoms with Gasteiger partial charge in [0.2, 0.25) is 0 Å². The van der Waals surface area contributed by atoms with Crippen LogP contribution >= 0.6 is 0 Å². The van der Waals surface area contributed by atoms with E-state index >= 15 is 0 Å². The fourth-order valence-electron chi connectivity index (χ4n) is 2.47. The lowest BCUT2D eigenvalue weighted by atomic mass is 9.99. The van der Waals surface area contributed by atoms with Gasteiger partial charge in [-0.05, 0) is 37.6 Å². The first-order chi connectivity index (χ1) is 10.1. The molecule has 0 aromatic heterocycles. The van der Waals surface area contributed by atoms with Crippen molar-refractivity contribution in [2.75, 3.05) is 33.5 Å². The van der Waals surface area contributed by atoms with Crippen LogP contribution in [0.1, 0.15) is 25.0 Å². The largest absolute Gasteiger partial charge is 0.497 e. The van der Waals surface area contributed by atoms with Crippen LogP contribution in [0.3, 0.4) is 0 Å². The summed E-state index contributed by atoms with van der Waals surface area (Å²) in [6.07, 6.45) is 0. The number of aliphatic hydroxyl groups excluding tert-OH is 1. The Morgan fingerprint density at radius 2 is 2.24 bits per heavy atom. The monoisotopic (exact) mass is 289 g/mol. The second kappa shape index (κ2) is 6.95. The molecule has 1 aliphatic rings. The highest BCUT2D eigenvalue weighted by Crippen LogP contribution is 2.25. The Bertz CT molecular complexity index is 543. The summed E-state index contributed by atoms with van der Waals surface area (Å²) >= 11 is 0. The van der Waals surface area contributed by atoms with Gasteiger partial charge in [-0.2, -0.15) is 0 Å². The second-order valence-corrected chi connectivity index (χ2v) is 5.77. The molecular formula is C17H23NO3. The van der Waals surface area contributed by atoms with Crippen molar-refractivity contribution in [1.29, 1.82) is 0 Å². The first-order valence-corrected chi connectivity index (χ1v) is 7.16. The molecule has 1 aliphatic heterocycles. The molecule has 0 amide bonds. The van der Waals surface area contributed by atoms with Crippen molar-refractivity contribution in [3.05, 3.63) is 29.3 Å². The molecule has 4 heteroatoms. The Morgan fingerprint density at radius 1 is 1.43 bits per heavy atom. The van der Waals surface area contributed by atoms with Gasteiger partial charge in [-0.3, -0.25) is 4.90 Å². The van der Waals surface area contributed by atoms with Crippen LogP contribution in [0, 0.1) is 11.8 Å². The minimum atomic E-state index is -0.130. The van der Waals surface area contributed by atoms with Gasteiger partial charge >= 0.3 is 0 Å². The summed E-state index contributed by atoms with van der Waals surface area (Å²) in [5.41, 5.74) is 2.06. The summed E-state index contributed by atoms with van der Waals surface area (Å²) in [4.78, 5) is 2.40. The minimum Gasteiger partial charge on any atom is -0.497 e. The van der Waals surface area contributed by atoms with Gasteiger partial charge < -0.3 is 14.6 Å². The first-order valence-electron chi connectivity index (χ1n) is 7.16. The Balaban J connectivity index is 2.28. The van der Waals surface area contributed by atoms with E-state index in [-0.39, 0.29) is 12.1 Å². The van der Waals surface area contributed by atoms with Crippen LogP contribution in [0.4, 0.5) is 0 Å². The van der Waals surface area contributed by atoms with Gasteiger partial charge in [0.15, 0.2) is 0 Å². The van der Waals surface area contributed by atoms with Crippen LogP contribution in [0.5, 0.6) is 5.75 Å². The topological polar surface area (TPSA) is 41.9 Å². The van der Waals surface area contributed by atoms with Crippen molar-refractivity contribution in [3.8, 4) is 17.6 Å². The number of rotatable bonds is 3. The second-order valence-electron chi connectivity index (χ2n) is 5.77. The van der Waals surface area contributed by atoms with E-state index in [9.17, 15) is 0 Å². The molecular weight excluding hydrogens is 266 g/mol. The van der Waals surface area contributed by atoms with E-state index in [0.29, 0.717) is 0 Å². The first kappa shape index (κ1) is 15.8. The SMILES string of the molecule is COc1ccc(C#CCO)c(CN2CCOCC2(C)C)c1. The summed E-state index contributed by atoms with van der Waals surface area (Å²) in [5, 5.41) is 8.90. The van der Waals surface area contributed by atoms with Crippen molar-refractivity contribution in [2.24, 2.45) is 0 Å². The predicted molar refractivity (Wildman–Crippen MR) is 82.3 cm³/mol. The third-order valence-corrected chi connectivity index (χ3v) is 3.79. The Labute approximate surface area is 126 Å². The average molecular weight is 289 g/mol. The predicted octanol–water partition coefficient (Wildman–Crippen LogP) is 1.65. The quantitative estimate of drug-likeness (QED) is 0.859. The van der Waals surface area contributed by atoms with Gasteiger partial charge in [-0.25, -0.2) is 0 Å². The highest BCUT2D eigenvalue weighted by atomic mass is 16.5. The number of methoxy groups -OCH3 is 1. The molecule has 0 unspecified atom stereocenters. The van der Waals surface area contributed by atoms with E-state index in [1.165, 1.54) is 0 Å². The van der Waals surface area contributed by atoms with Gasteiger partial charge in [0, 0.05) is 24.2 Å². The molecule has 0 radical (unpaired) electrons. The van der Waals surface area contributed by atoms with Crippen LogP contribution in [-0.2, 0) is 11.3 Å². The molecule has 0 spiro atoms. The van der Waals surface area contributed by atoms with E-state index < -0.39 is 0 Å². The molecule has 114 valence electrons. The molecule has 4 nitrogen and oxygen atoms in total. The lowest BCUT2D eigenvalue weighted by Crippen LogP contribution is -2.52. The van der Waals surface area contributed by atoms with Gasteiger partial charge in [-0.1, -0.05) is 11.8 Å². The van der Waals surface area contributed by atoms with Crippen LogP contribution in [-0.4, -0.2) is 49.0 Å². The molecule has 1 aromatic rings. The van der Waals surface area contributed by atoms with Crippen LogP contribution < -0.4 is 4.74 Å². The van der Waals surface area contributed by atoms with Crippen LogP contribution in [0.25, 0.3) is 0 Å². The smallest absolute Gasteiger partial charge is 0.119 e. The summed E-state index contributed by atoms with van der Waals surface area (Å²) in [7, 11) is 1.66. The maximum Gasteiger partial charge on any atom is 0.119 e. The molecule has 2 rings (SSSR count). The van der Waals surface area contributed by atoms with Crippen molar-refractivity contribution in [2.45, 2.75) is 25.9 Å². The Morgan fingerprint density at radius 3 is 2.90 bits per heavy atom. The summed E-state index contributed by atoms with van der Waals surface area (Å²) in [5.74, 6) is 6.56. The molecule has 0 aliphatic carbocycles. The molecule has 1 heterocycles. The number of nitrogens with zero attached hydrogens (tertiary/aromatic N) is 1. The highest BCUT2D eigenvalue weighted by molar-refractivity contribution is 5.45. The van der Waals surface area contributed by atoms with Crippen molar-refractivity contribution < 1.29 is 14.6 Å². The highest BCUT2D eigenvalue weighted by Gasteiger charge is 2.30. The van der Waals surface area contributed by atoms with Crippen molar-refractivity contribution in [1.82, 2.24) is 4.90 Å². The van der Waals surface area contributed by atoms with E-state index in [1.807, 2.05) is 18.2 Å². The zero-order valence-electron chi connectivity index (χ0n) is 13.0. The van der Waals surface area contributed by atoms with Crippen molar-refractivity contribution >= 4 is 0 Å². The summed E-state index contributed by atoms with van der Waals surface area (Å²) in [6.45, 7) is 7.42. The van der Waals surface area contributed by atoms with Crippen LogP contribution in [0.2, 0.25) is 0 Å². The van der Waals surface area contributed by atoms with E-state index in [1.54, 1.807) is 7.11 Å². The van der Waals surface area contributed by atoms with E-state index in [0.717, 1.165) is 43.2 Å². The van der Waals surface area contributed by atoms with Gasteiger partial charge in [0.05, 0.1) is 20.3 Å². The molecule has 1 fully saturated rings. The van der Waals surface area contributed by atoms with Gasteiger partial charge in [-0.15, -0.1) is 0 Å². The minimum absolute atomic E-state index is 0.00298.